The smallest absolute Gasteiger partial charge is 0.303 e. The van der Waals surface area contributed by atoms with Gasteiger partial charge in [0, 0.05) is 29.9 Å². The molecule has 31 heavy (non-hydrogen) atoms. The average molecular weight is 436 g/mol. The summed E-state index contributed by atoms with van der Waals surface area (Å²) in [5.41, 5.74) is 6.40. The van der Waals surface area contributed by atoms with Crippen LogP contribution in [0.25, 0.3) is 27.2 Å². The van der Waals surface area contributed by atoms with Crippen LogP contribution < -0.4 is 4.74 Å². The van der Waals surface area contributed by atoms with Crippen LogP contribution in [0.3, 0.4) is 0 Å². The highest BCUT2D eigenvalue weighted by atomic mass is 32.1. The number of thiophene rings is 1. The van der Waals surface area contributed by atoms with Crippen LogP contribution in [0, 0.1) is 0 Å². The third kappa shape index (κ3) is 4.32. The van der Waals surface area contributed by atoms with Crippen molar-refractivity contribution in [3.05, 3.63) is 59.2 Å². The Hall–Kier alpha value is -3.19. The fraction of sp³-hybridized carbons (Fsp3) is 0.292. The average Bonchev–Trinajstić information content (AvgIpc) is 3.45. The van der Waals surface area contributed by atoms with Gasteiger partial charge in [0.15, 0.2) is 0 Å². The summed E-state index contributed by atoms with van der Waals surface area (Å²) in [5, 5.41) is 16.2. The number of hydrogen-bond acceptors (Lipinski definition) is 5. The first kappa shape index (κ1) is 21.1. The second-order valence-corrected chi connectivity index (χ2v) is 8.29. The molecule has 0 aliphatic heterocycles. The summed E-state index contributed by atoms with van der Waals surface area (Å²) in [5.74, 6) is -0.199. The summed E-state index contributed by atoms with van der Waals surface area (Å²) in [6.07, 6.45) is 4.96. The number of pyridine rings is 1. The van der Waals surface area contributed by atoms with Crippen LogP contribution in [-0.4, -0.2) is 32.8 Å². The lowest BCUT2D eigenvalue weighted by Gasteiger charge is -2.17. The van der Waals surface area contributed by atoms with Crippen molar-refractivity contribution in [3.8, 4) is 27.6 Å². The second kappa shape index (κ2) is 9.31. The molecule has 4 heterocycles. The molecule has 0 aliphatic carbocycles. The van der Waals surface area contributed by atoms with Crippen molar-refractivity contribution < 1.29 is 14.6 Å². The van der Waals surface area contributed by atoms with Gasteiger partial charge in [0.1, 0.15) is 5.69 Å². The predicted octanol–water partition coefficient (Wildman–Crippen LogP) is 5.49. The molecule has 1 N–H and O–H groups in total. The van der Waals surface area contributed by atoms with Gasteiger partial charge in [-0.25, -0.2) is 9.50 Å². The van der Waals surface area contributed by atoms with Gasteiger partial charge >= 0.3 is 5.97 Å². The molecule has 0 bridgehead atoms. The van der Waals surface area contributed by atoms with Crippen LogP contribution in [0.2, 0.25) is 0 Å². The largest absolute Gasteiger partial charge is 0.481 e. The van der Waals surface area contributed by atoms with Crippen LogP contribution in [0.1, 0.15) is 37.4 Å². The Labute approximate surface area is 185 Å². The zero-order chi connectivity index (χ0) is 21.8. The highest BCUT2D eigenvalue weighted by Crippen LogP contribution is 2.38. The third-order valence-electron chi connectivity index (χ3n) is 5.39. The summed E-state index contributed by atoms with van der Waals surface area (Å²) in [4.78, 5) is 16.4. The Morgan fingerprint density at radius 1 is 1.23 bits per heavy atom. The number of aromatic nitrogens is 3. The van der Waals surface area contributed by atoms with Gasteiger partial charge in [-0.15, -0.1) is 11.3 Å². The molecule has 0 atom stereocenters. The van der Waals surface area contributed by atoms with Crippen molar-refractivity contribution >= 4 is 22.8 Å². The SMILES string of the molecule is CCc1ccc2c(-c3ccnc(OC)c3)c(CCCCC(=O)O)c(-c3cccs3)nn12. The fourth-order valence-corrected chi connectivity index (χ4v) is 4.65. The second-order valence-electron chi connectivity index (χ2n) is 7.34. The van der Waals surface area contributed by atoms with E-state index in [4.69, 9.17) is 14.9 Å². The van der Waals surface area contributed by atoms with Gasteiger partial charge in [0.25, 0.3) is 0 Å². The monoisotopic (exact) mass is 435 g/mol. The standard InChI is InChI=1S/C24H25N3O3S/c1-3-17-10-11-19-23(16-12-13-25-21(15-16)30-2)18(7-4-5-9-22(28)29)24(26-27(17)19)20-8-6-14-31-20/h6,8,10-15H,3-5,7,9H2,1-2H3,(H,28,29). The van der Waals surface area contributed by atoms with Gasteiger partial charge in [0.05, 0.1) is 17.5 Å². The van der Waals surface area contributed by atoms with Crippen molar-refractivity contribution in [3.63, 3.8) is 0 Å². The molecule has 4 aromatic rings. The molecule has 0 aliphatic rings. The number of carboxylic acids is 1. The summed E-state index contributed by atoms with van der Waals surface area (Å²) >= 11 is 1.66. The lowest BCUT2D eigenvalue weighted by molar-refractivity contribution is -0.137. The van der Waals surface area contributed by atoms with Crippen molar-refractivity contribution in [1.82, 2.24) is 14.6 Å². The highest BCUT2D eigenvalue weighted by molar-refractivity contribution is 7.13. The van der Waals surface area contributed by atoms with E-state index in [0.29, 0.717) is 12.3 Å². The molecule has 0 radical (unpaired) electrons. The van der Waals surface area contributed by atoms with Crippen LogP contribution >= 0.6 is 11.3 Å². The van der Waals surface area contributed by atoms with Crippen LogP contribution in [0.5, 0.6) is 5.88 Å². The molecule has 4 rings (SSSR count). The third-order valence-corrected chi connectivity index (χ3v) is 6.27. The number of fused-ring (bicyclic) bond motifs is 1. The summed E-state index contributed by atoms with van der Waals surface area (Å²) in [7, 11) is 1.62. The number of ether oxygens (including phenoxy) is 1. The maximum Gasteiger partial charge on any atom is 0.303 e. The number of carbonyl (C=O) groups is 1. The van der Waals surface area contributed by atoms with E-state index in [1.54, 1.807) is 24.6 Å². The Kier molecular flexibility index (Phi) is 6.32. The number of aryl methyl sites for hydroxylation is 1. The Bertz CT molecular complexity index is 1200. The number of nitrogens with zero attached hydrogens (tertiary/aromatic N) is 3. The van der Waals surface area contributed by atoms with Crippen molar-refractivity contribution in [2.24, 2.45) is 0 Å². The van der Waals surface area contributed by atoms with Crippen LogP contribution in [-0.2, 0) is 17.6 Å². The molecular weight excluding hydrogens is 410 g/mol. The number of unbranched alkanes of at least 4 members (excludes halogenated alkanes) is 1. The van der Waals surface area contributed by atoms with E-state index in [2.05, 4.69) is 35.5 Å². The minimum absolute atomic E-state index is 0.174. The first-order valence-corrected chi connectivity index (χ1v) is 11.3. The Balaban J connectivity index is 1.95. The fourth-order valence-electron chi connectivity index (χ4n) is 3.91. The van der Waals surface area contributed by atoms with E-state index in [9.17, 15) is 4.79 Å². The maximum atomic E-state index is 11.0. The summed E-state index contributed by atoms with van der Waals surface area (Å²) in [6, 6.07) is 12.3. The van der Waals surface area contributed by atoms with Gasteiger partial charge in [-0.3, -0.25) is 4.79 Å². The van der Waals surface area contributed by atoms with Gasteiger partial charge < -0.3 is 9.84 Å². The molecule has 0 spiro atoms. The molecule has 0 amide bonds. The lowest BCUT2D eigenvalue weighted by Crippen LogP contribution is -2.06. The summed E-state index contributed by atoms with van der Waals surface area (Å²) in [6.45, 7) is 2.13. The van der Waals surface area contributed by atoms with Crippen molar-refractivity contribution in [2.45, 2.75) is 39.0 Å². The zero-order valence-electron chi connectivity index (χ0n) is 17.7. The molecule has 7 heteroatoms. The van der Waals surface area contributed by atoms with E-state index in [1.165, 1.54) is 0 Å². The van der Waals surface area contributed by atoms with Crippen molar-refractivity contribution in [1.29, 1.82) is 0 Å². The number of methoxy groups -OCH3 is 1. The highest BCUT2D eigenvalue weighted by Gasteiger charge is 2.20. The van der Waals surface area contributed by atoms with Gasteiger partial charge in [0.2, 0.25) is 5.88 Å². The number of aliphatic carboxylic acids is 1. The molecule has 0 unspecified atom stereocenters. The predicted molar refractivity (Wildman–Crippen MR) is 123 cm³/mol. The summed E-state index contributed by atoms with van der Waals surface area (Å²) < 4.78 is 7.43. The topological polar surface area (TPSA) is 76.7 Å². The molecule has 160 valence electrons. The minimum atomic E-state index is -0.759. The Morgan fingerprint density at radius 3 is 2.81 bits per heavy atom. The van der Waals surface area contributed by atoms with Crippen LogP contribution in [0.15, 0.2) is 48.0 Å². The molecular formula is C24H25N3O3S. The molecule has 4 aromatic heterocycles. The molecule has 0 fully saturated rings. The molecule has 6 nitrogen and oxygen atoms in total. The number of hydrogen-bond donors (Lipinski definition) is 1. The van der Waals surface area contributed by atoms with E-state index in [-0.39, 0.29) is 6.42 Å². The number of rotatable bonds is 9. The zero-order valence-corrected chi connectivity index (χ0v) is 18.5. The van der Waals surface area contributed by atoms with E-state index < -0.39 is 5.97 Å². The van der Waals surface area contributed by atoms with Crippen molar-refractivity contribution in [2.75, 3.05) is 7.11 Å². The Morgan fingerprint density at radius 2 is 2.10 bits per heavy atom. The first-order chi connectivity index (χ1) is 15.1. The number of carboxylic acid groups (broad SMARTS) is 1. The lowest BCUT2D eigenvalue weighted by atomic mass is 9.94. The normalized spacial score (nSPS) is 11.2. The molecule has 0 aromatic carbocycles. The van der Waals surface area contributed by atoms with Gasteiger partial charge in [-0.1, -0.05) is 13.0 Å². The van der Waals surface area contributed by atoms with Gasteiger partial charge in [-0.2, -0.15) is 5.10 Å². The quantitative estimate of drug-likeness (QED) is 0.352. The molecule has 0 saturated carbocycles. The molecule has 0 saturated heterocycles. The maximum absolute atomic E-state index is 11.0. The minimum Gasteiger partial charge on any atom is -0.481 e. The van der Waals surface area contributed by atoms with E-state index in [1.807, 2.05) is 22.7 Å². The first-order valence-electron chi connectivity index (χ1n) is 10.4. The van der Waals surface area contributed by atoms with Gasteiger partial charge in [-0.05, 0) is 66.5 Å². The van der Waals surface area contributed by atoms with Crippen LogP contribution in [0.4, 0.5) is 0 Å². The van der Waals surface area contributed by atoms with E-state index >= 15 is 0 Å². The van der Waals surface area contributed by atoms with E-state index in [0.717, 1.165) is 57.7 Å².